The van der Waals surface area contributed by atoms with Gasteiger partial charge < -0.3 is 25.0 Å². The van der Waals surface area contributed by atoms with Crippen molar-refractivity contribution >= 4 is 22.6 Å². The second-order valence-electron chi connectivity index (χ2n) is 8.15. The van der Waals surface area contributed by atoms with Crippen molar-refractivity contribution in [3.8, 4) is 5.75 Å². The quantitative estimate of drug-likeness (QED) is 0.704. The molecule has 2 aromatic rings. The van der Waals surface area contributed by atoms with Crippen molar-refractivity contribution in [3.05, 3.63) is 45.0 Å². The van der Waals surface area contributed by atoms with Gasteiger partial charge in [0.2, 0.25) is 5.43 Å². The minimum Gasteiger partial charge on any atom is -0.492 e. The molecule has 1 saturated heterocycles. The maximum atomic E-state index is 15.4. The van der Waals surface area contributed by atoms with Gasteiger partial charge in [0, 0.05) is 32.3 Å². The van der Waals surface area contributed by atoms with Gasteiger partial charge in [0.15, 0.2) is 11.6 Å². The van der Waals surface area contributed by atoms with Crippen LogP contribution in [0.5, 0.6) is 5.75 Å². The summed E-state index contributed by atoms with van der Waals surface area (Å²) in [6, 6.07) is 0.423. The number of nitrogens with zero attached hydrogens (tertiary/aromatic N) is 2. The van der Waals surface area contributed by atoms with Crippen molar-refractivity contribution in [3.63, 3.8) is 0 Å². The molecule has 4 rings (SSSR count). The van der Waals surface area contributed by atoms with Crippen LogP contribution in [-0.2, 0) is 0 Å². The molecule has 1 aromatic carbocycles. The van der Waals surface area contributed by atoms with E-state index in [1.165, 1.54) is 11.7 Å². The molecule has 1 aliphatic heterocycles. The van der Waals surface area contributed by atoms with Gasteiger partial charge in [-0.2, -0.15) is 0 Å². The molecule has 1 saturated carbocycles. The number of carbonyl (C=O) groups is 1. The monoisotopic (exact) mass is 433 g/mol. The summed E-state index contributed by atoms with van der Waals surface area (Å²) >= 11 is 0. The lowest BCUT2D eigenvalue weighted by atomic mass is 9.98. The number of hydrogen-bond acceptors (Lipinski definition) is 5. The van der Waals surface area contributed by atoms with Gasteiger partial charge in [-0.3, -0.25) is 4.79 Å². The summed E-state index contributed by atoms with van der Waals surface area (Å²) in [6.07, 6.45) is 1.84. The van der Waals surface area contributed by atoms with Crippen LogP contribution in [0.4, 0.5) is 14.5 Å². The van der Waals surface area contributed by atoms with E-state index in [1.807, 2.05) is 11.8 Å². The molecule has 2 aliphatic rings. The van der Waals surface area contributed by atoms with Crippen LogP contribution in [0.25, 0.3) is 10.9 Å². The summed E-state index contributed by atoms with van der Waals surface area (Å²) in [5.41, 5.74) is 7.00. The number of carboxylic acid groups (broad SMARTS) is 1. The van der Waals surface area contributed by atoms with Gasteiger partial charge in [0.05, 0.1) is 24.1 Å². The Bertz CT molecular complexity index is 1160. The average molecular weight is 433 g/mol. The number of aromatic carboxylic acids is 1. The van der Waals surface area contributed by atoms with Gasteiger partial charge in [0.1, 0.15) is 17.4 Å². The molecule has 0 bridgehead atoms. The first-order valence-corrected chi connectivity index (χ1v) is 10.2. The third-order valence-corrected chi connectivity index (χ3v) is 6.19. The number of pyridine rings is 1. The van der Waals surface area contributed by atoms with Crippen LogP contribution in [0.2, 0.25) is 0 Å². The second-order valence-corrected chi connectivity index (χ2v) is 8.15. The number of rotatable bonds is 5. The molecule has 2 heterocycles. The first kappa shape index (κ1) is 21.3. The van der Waals surface area contributed by atoms with E-state index in [0.29, 0.717) is 19.6 Å². The standard InChI is InChI=1S/C22H25F2N3O4/c1-11(8-25)12-4-3-5-26(9-12)19-16(24)6-13-18(21(19)31-2)27(17-7-15(17)23)10-14(20(13)28)22(29)30/h6,10,15,17H,3-5,7-9,25H2,1-2H3,(H,29,30)/b12-11-/t15-,17+/m0/s1. The fourth-order valence-electron chi connectivity index (χ4n) is 4.34. The zero-order chi connectivity index (χ0) is 22.4. The molecule has 3 N–H and O–H groups in total. The van der Waals surface area contributed by atoms with Crippen LogP contribution in [-0.4, -0.2) is 48.6 Å². The number of hydrogen-bond donors (Lipinski definition) is 2. The number of fused-ring (bicyclic) bond motifs is 1. The number of ether oxygens (including phenoxy) is 1. The summed E-state index contributed by atoms with van der Waals surface area (Å²) in [5, 5.41) is 9.28. The van der Waals surface area contributed by atoms with Crippen LogP contribution in [0, 0.1) is 5.82 Å². The Balaban J connectivity index is 1.98. The molecule has 9 heteroatoms. The SMILES string of the molecule is COc1c(N2CCC/C(=C(\C)CN)C2)c(F)cc2c(=O)c(C(=O)O)cn([C@@H]3C[C@@H]3F)c12. The predicted octanol–water partition coefficient (Wildman–Crippen LogP) is 3.01. The molecule has 0 spiro atoms. The normalized spacial score (nSPS) is 22.5. The average Bonchev–Trinajstić information content (AvgIpc) is 3.48. The van der Waals surface area contributed by atoms with E-state index in [1.54, 1.807) is 0 Å². The van der Waals surface area contributed by atoms with Crippen molar-refractivity contribution < 1.29 is 23.4 Å². The van der Waals surface area contributed by atoms with Crippen molar-refractivity contribution in [2.75, 3.05) is 31.6 Å². The Hall–Kier alpha value is -2.94. The summed E-state index contributed by atoms with van der Waals surface area (Å²) in [5.74, 6) is -2.02. The van der Waals surface area contributed by atoms with E-state index in [-0.39, 0.29) is 28.8 Å². The smallest absolute Gasteiger partial charge is 0.341 e. The zero-order valence-electron chi connectivity index (χ0n) is 17.5. The van der Waals surface area contributed by atoms with Gasteiger partial charge in [-0.1, -0.05) is 11.1 Å². The van der Waals surface area contributed by atoms with Crippen LogP contribution in [0.3, 0.4) is 0 Å². The maximum Gasteiger partial charge on any atom is 0.341 e. The van der Waals surface area contributed by atoms with Crippen molar-refractivity contribution in [1.29, 1.82) is 0 Å². The summed E-state index contributed by atoms with van der Waals surface area (Å²) in [7, 11) is 1.36. The van der Waals surface area contributed by atoms with Crippen LogP contribution < -0.4 is 20.8 Å². The van der Waals surface area contributed by atoms with Crippen molar-refractivity contribution in [1.82, 2.24) is 4.57 Å². The number of nitrogens with two attached hydrogens (primary N) is 1. The topological polar surface area (TPSA) is 97.8 Å². The molecular formula is C22H25F2N3O4. The molecule has 0 unspecified atom stereocenters. The van der Waals surface area contributed by atoms with Gasteiger partial charge >= 0.3 is 5.97 Å². The number of halogens is 2. The van der Waals surface area contributed by atoms with E-state index < -0.39 is 35.0 Å². The number of methoxy groups -OCH3 is 1. The largest absolute Gasteiger partial charge is 0.492 e. The molecule has 31 heavy (non-hydrogen) atoms. The zero-order valence-corrected chi connectivity index (χ0v) is 17.5. The van der Waals surface area contributed by atoms with Crippen molar-refractivity contribution in [2.24, 2.45) is 5.73 Å². The first-order valence-electron chi connectivity index (χ1n) is 10.2. The molecule has 1 aromatic heterocycles. The van der Waals surface area contributed by atoms with E-state index in [4.69, 9.17) is 10.5 Å². The summed E-state index contributed by atoms with van der Waals surface area (Å²) in [4.78, 5) is 26.2. The Labute approximate surface area is 177 Å². The van der Waals surface area contributed by atoms with Crippen LogP contribution in [0.15, 0.2) is 28.2 Å². The van der Waals surface area contributed by atoms with Crippen LogP contribution >= 0.6 is 0 Å². The highest BCUT2D eigenvalue weighted by atomic mass is 19.1. The number of carboxylic acids is 1. The highest BCUT2D eigenvalue weighted by molar-refractivity contribution is 5.97. The van der Waals surface area contributed by atoms with Crippen molar-refractivity contribution in [2.45, 2.75) is 38.4 Å². The van der Waals surface area contributed by atoms with Gasteiger partial charge in [-0.15, -0.1) is 0 Å². The molecule has 2 atom stereocenters. The van der Waals surface area contributed by atoms with Gasteiger partial charge in [-0.25, -0.2) is 13.6 Å². The minimum atomic E-state index is -1.44. The fourth-order valence-corrected chi connectivity index (χ4v) is 4.34. The Morgan fingerprint density at radius 1 is 1.42 bits per heavy atom. The minimum absolute atomic E-state index is 0.106. The first-order chi connectivity index (χ1) is 14.8. The Morgan fingerprint density at radius 3 is 2.71 bits per heavy atom. The highest BCUT2D eigenvalue weighted by Crippen LogP contribution is 2.45. The van der Waals surface area contributed by atoms with Crippen LogP contribution in [0.1, 0.15) is 42.6 Å². The lowest BCUT2D eigenvalue weighted by Gasteiger charge is -2.33. The number of alkyl halides is 1. The third-order valence-electron chi connectivity index (χ3n) is 6.19. The number of anilines is 1. The summed E-state index contributed by atoms with van der Waals surface area (Å²) in [6.45, 7) is 3.41. The van der Waals surface area contributed by atoms with E-state index in [0.717, 1.165) is 36.3 Å². The van der Waals surface area contributed by atoms with Gasteiger partial charge in [0.25, 0.3) is 0 Å². The Morgan fingerprint density at radius 2 is 2.13 bits per heavy atom. The molecule has 2 fully saturated rings. The molecular weight excluding hydrogens is 408 g/mol. The van der Waals surface area contributed by atoms with E-state index in [2.05, 4.69) is 0 Å². The van der Waals surface area contributed by atoms with E-state index >= 15 is 4.39 Å². The Kier molecular flexibility index (Phi) is 5.47. The molecule has 0 amide bonds. The predicted molar refractivity (Wildman–Crippen MR) is 113 cm³/mol. The lowest BCUT2D eigenvalue weighted by Crippen LogP contribution is -2.33. The number of benzene rings is 1. The fraction of sp³-hybridized carbons (Fsp3) is 0.455. The number of aromatic nitrogens is 1. The number of piperidine rings is 1. The van der Waals surface area contributed by atoms with Gasteiger partial charge in [-0.05, 0) is 25.8 Å². The maximum absolute atomic E-state index is 15.4. The third kappa shape index (κ3) is 3.56. The second kappa shape index (κ2) is 7.96. The molecule has 166 valence electrons. The molecule has 0 radical (unpaired) electrons. The molecule has 1 aliphatic carbocycles. The van der Waals surface area contributed by atoms with E-state index in [9.17, 15) is 19.1 Å². The lowest BCUT2D eigenvalue weighted by molar-refractivity contribution is 0.0694. The summed E-state index contributed by atoms with van der Waals surface area (Å²) < 4.78 is 36.3. The molecule has 7 nitrogen and oxygen atoms in total. The highest BCUT2D eigenvalue weighted by Gasteiger charge is 2.41.